The van der Waals surface area contributed by atoms with Gasteiger partial charge in [0.2, 0.25) is 0 Å². The van der Waals surface area contributed by atoms with E-state index in [-0.39, 0.29) is 0 Å². The van der Waals surface area contributed by atoms with E-state index < -0.39 is 0 Å². The molecule has 0 aliphatic rings. The quantitative estimate of drug-likeness (QED) is 0.525. The van der Waals surface area contributed by atoms with E-state index >= 15 is 0 Å². The summed E-state index contributed by atoms with van der Waals surface area (Å²) in [7, 11) is 0. The molecule has 0 saturated heterocycles. The maximum Gasteiger partial charge on any atom is 0.148 e. The minimum atomic E-state index is 0.416. The molecule has 0 aliphatic heterocycles. The summed E-state index contributed by atoms with van der Waals surface area (Å²) in [5.41, 5.74) is 3.51. The first-order valence-corrected chi connectivity index (χ1v) is 5.64. The molecule has 1 heterocycles. The number of nitrogens with two attached hydrogens (primary N) is 1. The molecule has 0 fully saturated rings. The largest absolute Gasteiger partial charge is 0.367 e. The molecular weight excluding hydrogens is 202 g/mol. The van der Waals surface area contributed by atoms with Crippen LogP contribution < -0.4 is 16.6 Å². The van der Waals surface area contributed by atoms with Gasteiger partial charge in [-0.25, -0.2) is 15.8 Å². The number of aromatic nitrogens is 2. The SMILES string of the molecule is CCC(Nc1ncnc(NN)c1C)C(C)C. The van der Waals surface area contributed by atoms with Crippen molar-refractivity contribution >= 4 is 11.6 Å². The van der Waals surface area contributed by atoms with Gasteiger partial charge in [0.1, 0.15) is 18.0 Å². The van der Waals surface area contributed by atoms with Crippen molar-refractivity contribution in [3.8, 4) is 0 Å². The van der Waals surface area contributed by atoms with Gasteiger partial charge in [0.15, 0.2) is 0 Å². The molecule has 16 heavy (non-hydrogen) atoms. The maximum absolute atomic E-state index is 5.37. The fraction of sp³-hybridized carbons (Fsp3) is 0.636. The molecule has 0 aliphatic carbocycles. The zero-order chi connectivity index (χ0) is 12.1. The highest BCUT2D eigenvalue weighted by Crippen LogP contribution is 2.20. The van der Waals surface area contributed by atoms with E-state index in [4.69, 9.17) is 5.84 Å². The predicted molar refractivity (Wildman–Crippen MR) is 67.1 cm³/mol. The molecule has 0 radical (unpaired) electrons. The Morgan fingerprint density at radius 1 is 1.31 bits per heavy atom. The Balaban J connectivity index is 2.88. The summed E-state index contributed by atoms with van der Waals surface area (Å²) in [5.74, 6) is 7.45. The molecule has 0 saturated carbocycles. The van der Waals surface area contributed by atoms with Crippen molar-refractivity contribution in [1.82, 2.24) is 9.97 Å². The fourth-order valence-corrected chi connectivity index (χ4v) is 1.66. The van der Waals surface area contributed by atoms with Gasteiger partial charge in [-0.2, -0.15) is 0 Å². The first-order valence-electron chi connectivity index (χ1n) is 5.64. The Morgan fingerprint density at radius 2 is 1.94 bits per heavy atom. The zero-order valence-corrected chi connectivity index (χ0v) is 10.4. The van der Waals surface area contributed by atoms with E-state index in [1.54, 1.807) is 0 Å². The molecule has 0 bridgehead atoms. The normalized spacial score (nSPS) is 12.6. The van der Waals surface area contributed by atoms with Crippen LogP contribution in [-0.4, -0.2) is 16.0 Å². The molecule has 0 spiro atoms. The third kappa shape index (κ3) is 2.82. The molecule has 1 aromatic heterocycles. The zero-order valence-electron chi connectivity index (χ0n) is 10.4. The number of nitrogens with zero attached hydrogens (tertiary/aromatic N) is 2. The van der Waals surface area contributed by atoms with Gasteiger partial charge in [0, 0.05) is 11.6 Å². The minimum Gasteiger partial charge on any atom is -0.367 e. The van der Waals surface area contributed by atoms with E-state index in [9.17, 15) is 0 Å². The second-order valence-corrected chi connectivity index (χ2v) is 4.24. The lowest BCUT2D eigenvalue weighted by Gasteiger charge is -2.22. The Hall–Kier alpha value is -1.36. The average Bonchev–Trinajstić information content (AvgIpc) is 2.27. The monoisotopic (exact) mass is 223 g/mol. The minimum absolute atomic E-state index is 0.416. The lowest BCUT2D eigenvalue weighted by Crippen LogP contribution is -2.26. The van der Waals surface area contributed by atoms with Crippen molar-refractivity contribution in [2.24, 2.45) is 11.8 Å². The van der Waals surface area contributed by atoms with Crippen LogP contribution in [0.3, 0.4) is 0 Å². The smallest absolute Gasteiger partial charge is 0.148 e. The van der Waals surface area contributed by atoms with Crippen LogP contribution in [0.15, 0.2) is 6.33 Å². The molecule has 0 aromatic carbocycles. The second-order valence-electron chi connectivity index (χ2n) is 4.24. The standard InChI is InChI=1S/C11H21N5/c1-5-9(7(2)3)15-10-8(4)11(16-12)14-6-13-10/h6-7,9H,5,12H2,1-4H3,(H2,13,14,15,16). The van der Waals surface area contributed by atoms with E-state index in [0.29, 0.717) is 17.8 Å². The Bertz CT molecular complexity index is 337. The van der Waals surface area contributed by atoms with Gasteiger partial charge in [0.25, 0.3) is 0 Å². The molecule has 1 rings (SSSR count). The van der Waals surface area contributed by atoms with Crippen molar-refractivity contribution in [2.45, 2.75) is 40.2 Å². The van der Waals surface area contributed by atoms with Crippen molar-refractivity contribution in [3.63, 3.8) is 0 Å². The summed E-state index contributed by atoms with van der Waals surface area (Å²) in [6.07, 6.45) is 2.57. The average molecular weight is 223 g/mol. The third-order valence-corrected chi connectivity index (χ3v) is 2.79. The van der Waals surface area contributed by atoms with E-state index in [0.717, 1.165) is 17.8 Å². The fourth-order valence-electron chi connectivity index (χ4n) is 1.66. The van der Waals surface area contributed by atoms with Gasteiger partial charge in [-0.1, -0.05) is 20.8 Å². The highest BCUT2D eigenvalue weighted by Gasteiger charge is 2.13. The number of anilines is 2. The molecule has 1 unspecified atom stereocenters. The number of hydrogen-bond acceptors (Lipinski definition) is 5. The lowest BCUT2D eigenvalue weighted by molar-refractivity contribution is 0.509. The van der Waals surface area contributed by atoms with Gasteiger partial charge in [0.05, 0.1) is 0 Å². The summed E-state index contributed by atoms with van der Waals surface area (Å²) in [4.78, 5) is 8.29. The summed E-state index contributed by atoms with van der Waals surface area (Å²) in [5, 5.41) is 3.42. The molecule has 1 atom stereocenters. The van der Waals surface area contributed by atoms with Crippen LogP contribution in [0.4, 0.5) is 11.6 Å². The highest BCUT2D eigenvalue weighted by molar-refractivity contribution is 5.56. The second kappa shape index (κ2) is 5.65. The van der Waals surface area contributed by atoms with Crippen LogP contribution in [0.1, 0.15) is 32.8 Å². The summed E-state index contributed by atoms with van der Waals surface area (Å²) in [6, 6.07) is 0.416. The van der Waals surface area contributed by atoms with Gasteiger partial charge in [-0.15, -0.1) is 0 Å². The van der Waals surface area contributed by atoms with Gasteiger partial charge < -0.3 is 10.7 Å². The van der Waals surface area contributed by atoms with Crippen molar-refractivity contribution < 1.29 is 0 Å². The van der Waals surface area contributed by atoms with Crippen LogP contribution >= 0.6 is 0 Å². The summed E-state index contributed by atoms with van der Waals surface area (Å²) >= 11 is 0. The Labute approximate surface area is 96.8 Å². The van der Waals surface area contributed by atoms with E-state index in [2.05, 4.69) is 41.5 Å². The molecule has 0 amide bonds. The molecule has 5 nitrogen and oxygen atoms in total. The lowest BCUT2D eigenvalue weighted by atomic mass is 10.0. The van der Waals surface area contributed by atoms with Crippen molar-refractivity contribution in [1.29, 1.82) is 0 Å². The third-order valence-electron chi connectivity index (χ3n) is 2.79. The molecule has 5 heteroatoms. The van der Waals surface area contributed by atoms with E-state index in [1.807, 2.05) is 6.92 Å². The van der Waals surface area contributed by atoms with E-state index in [1.165, 1.54) is 6.33 Å². The molecule has 1 aromatic rings. The van der Waals surface area contributed by atoms with Crippen molar-refractivity contribution in [3.05, 3.63) is 11.9 Å². The van der Waals surface area contributed by atoms with Crippen LogP contribution in [0, 0.1) is 12.8 Å². The van der Waals surface area contributed by atoms with Crippen LogP contribution in [0.25, 0.3) is 0 Å². The summed E-state index contributed by atoms with van der Waals surface area (Å²) < 4.78 is 0. The van der Waals surface area contributed by atoms with Crippen LogP contribution in [0.2, 0.25) is 0 Å². The molecule has 90 valence electrons. The molecular formula is C11H21N5. The van der Waals surface area contributed by atoms with Crippen LogP contribution in [-0.2, 0) is 0 Å². The van der Waals surface area contributed by atoms with Gasteiger partial charge in [-0.05, 0) is 19.3 Å². The summed E-state index contributed by atoms with van der Waals surface area (Å²) in [6.45, 7) is 8.50. The number of nitrogen functional groups attached to an aromatic ring is 1. The predicted octanol–water partition coefficient (Wildman–Crippen LogP) is 1.92. The van der Waals surface area contributed by atoms with Gasteiger partial charge in [-0.3, -0.25) is 0 Å². The number of hydrogen-bond donors (Lipinski definition) is 3. The number of rotatable bonds is 5. The molecule has 4 N–H and O–H groups in total. The Kier molecular flexibility index (Phi) is 4.49. The number of hydrazine groups is 1. The Morgan fingerprint density at radius 3 is 2.44 bits per heavy atom. The first kappa shape index (κ1) is 12.7. The van der Waals surface area contributed by atoms with Crippen LogP contribution in [0.5, 0.6) is 0 Å². The highest BCUT2D eigenvalue weighted by atomic mass is 15.3. The maximum atomic E-state index is 5.37. The number of nitrogens with one attached hydrogen (secondary N) is 2. The van der Waals surface area contributed by atoms with Gasteiger partial charge >= 0.3 is 0 Å². The topological polar surface area (TPSA) is 75.9 Å². The van der Waals surface area contributed by atoms with Crippen molar-refractivity contribution in [2.75, 3.05) is 10.7 Å². The first-order chi connectivity index (χ1) is 7.60.